The maximum Gasteiger partial charge on any atom is 0.134 e. The summed E-state index contributed by atoms with van der Waals surface area (Å²) >= 11 is 4.36. The topological polar surface area (TPSA) is 39.9 Å². The van der Waals surface area contributed by atoms with E-state index in [9.17, 15) is 0 Å². The zero-order chi connectivity index (χ0) is 24.1. The SMILES string of the molecule is CC(C)c1c(OCc2cn(-c3ccc(S)cc3)nn2)ccc2c1CC[C@H]1C(C)(C)CCC[C@]21C. The molecule has 0 bridgehead atoms. The van der Waals surface area contributed by atoms with Gasteiger partial charge in [-0.25, -0.2) is 4.68 Å². The second-order valence-corrected chi connectivity index (χ2v) is 12.0. The van der Waals surface area contributed by atoms with Gasteiger partial charge in [0.1, 0.15) is 18.1 Å². The lowest BCUT2D eigenvalue weighted by Crippen LogP contribution is -2.48. The van der Waals surface area contributed by atoms with Crippen LogP contribution in [0.15, 0.2) is 47.5 Å². The molecule has 0 unspecified atom stereocenters. The van der Waals surface area contributed by atoms with Crippen LogP contribution in [0.1, 0.15) is 88.6 Å². The number of ether oxygens (including phenoxy) is 1. The number of fused-ring (bicyclic) bond motifs is 3. The van der Waals surface area contributed by atoms with Crippen molar-refractivity contribution in [3.63, 3.8) is 0 Å². The predicted octanol–water partition coefficient (Wildman–Crippen LogP) is 7.29. The molecule has 0 aliphatic heterocycles. The van der Waals surface area contributed by atoms with E-state index in [-0.39, 0.29) is 5.41 Å². The van der Waals surface area contributed by atoms with Gasteiger partial charge < -0.3 is 4.74 Å². The van der Waals surface area contributed by atoms with Crippen LogP contribution < -0.4 is 4.74 Å². The zero-order valence-electron chi connectivity index (χ0n) is 21.1. The van der Waals surface area contributed by atoms with Gasteiger partial charge in [-0.1, -0.05) is 52.3 Å². The summed E-state index contributed by atoms with van der Waals surface area (Å²) in [4.78, 5) is 0.929. The van der Waals surface area contributed by atoms with Crippen LogP contribution in [0.5, 0.6) is 5.75 Å². The van der Waals surface area contributed by atoms with Gasteiger partial charge in [0.25, 0.3) is 0 Å². The molecule has 1 fully saturated rings. The normalized spacial score (nSPS) is 23.4. The number of hydrogen-bond acceptors (Lipinski definition) is 4. The molecule has 0 saturated heterocycles. The molecular formula is C29H37N3OS. The van der Waals surface area contributed by atoms with Crippen LogP contribution in [-0.4, -0.2) is 15.0 Å². The maximum atomic E-state index is 6.40. The van der Waals surface area contributed by atoms with Crippen LogP contribution in [0, 0.1) is 11.3 Å². The molecule has 0 N–H and O–H groups in total. The fourth-order valence-corrected chi connectivity index (χ4v) is 7.05. The summed E-state index contributed by atoms with van der Waals surface area (Å²) in [5.74, 6) is 2.16. The van der Waals surface area contributed by atoms with Gasteiger partial charge in [0.05, 0.1) is 11.9 Å². The predicted molar refractivity (Wildman–Crippen MR) is 140 cm³/mol. The third-order valence-electron chi connectivity index (χ3n) is 8.45. The van der Waals surface area contributed by atoms with E-state index >= 15 is 0 Å². The highest BCUT2D eigenvalue weighted by Crippen LogP contribution is 2.58. The quantitative estimate of drug-likeness (QED) is 0.394. The van der Waals surface area contributed by atoms with Crippen molar-refractivity contribution in [2.45, 2.75) is 89.6 Å². The number of nitrogens with zero attached hydrogens (tertiary/aromatic N) is 3. The Morgan fingerprint density at radius 3 is 2.59 bits per heavy atom. The van der Waals surface area contributed by atoms with Gasteiger partial charge in [0.2, 0.25) is 0 Å². The Balaban J connectivity index is 1.41. The lowest BCUT2D eigenvalue weighted by Gasteiger charge is -2.54. The van der Waals surface area contributed by atoms with Crippen LogP contribution in [-0.2, 0) is 18.4 Å². The minimum atomic E-state index is 0.267. The molecule has 180 valence electrons. The van der Waals surface area contributed by atoms with Crippen molar-refractivity contribution in [2.75, 3.05) is 0 Å². The standard InChI is InChI=1S/C29H37N3OS/c1-19(2)27-23-11-14-26-28(3,4)15-6-16-29(26,5)24(23)12-13-25(27)33-18-20-17-32(31-30-20)21-7-9-22(34)10-8-21/h7-10,12-13,17,19,26,34H,6,11,14-16,18H2,1-5H3/t26-,29+/m0/s1. The van der Waals surface area contributed by atoms with Crippen molar-refractivity contribution in [1.29, 1.82) is 0 Å². The molecule has 2 aliphatic rings. The summed E-state index contributed by atoms with van der Waals surface area (Å²) in [6.45, 7) is 12.5. The van der Waals surface area contributed by atoms with Gasteiger partial charge in [0.15, 0.2) is 0 Å². The van der Waals surface area contributed by atoms with Gasteiger partial charge in [-0.2, -0.15) is 0 Å². The Bertz CT molecular complexity index is 1180. The van der Waals surface area contributed by atoms with E-state index in [1.165, 1.54) is 31.2 Å². The molecule has 34 heavy (non-hydrogen) atoms. The average Bonchev–Trinajstić information content (AvgIpc) is 3.26. The van der Waals surface area contributed by atoms with E-state index < -0.39 is 0 Å². The van der Waals surface area contributed by atoms with Crippen LogP contribution >= 0.6 is 12.6 Å². The van der Waals surface area contributed by atoms with Crippen molar-refractivity contribution in [2.24, 2.45) is 11.3 Å². The second-order valence-electron chi connectivity index (χ2n) is 11.5. The number of aromatic nitrogens is 3. The van der Waals surface area contributed by atoms with E-state index in [0.717, 1.165) is 34.4 Å². The Hall–Kier alpha value is -2.27. The molecule has 2 aromatic carbocycles. The molecule has 4 nitrogen and oxygen atoms in total. The second kappa shape index (κ2) is 8.75. The number of hydrogen-bond donors (Lipinski definition) is 1. The molecule has 0 amide bonds. The van der Waals surface area contributed by atoms with Gasteiger partial charge in [-0.05, 0) is 89.8 Å². The van der Waals surface area contributed by atoms with Crippen molar-refractivity contribution >= 4 is 12.6 Å². The fourth-order valence-electron chi connectivity index (χ4n) is 6.90. The molecule has 2 atom stereocenters. The smallest absolute Gasteiger partial charge is 0.134 e. The summed E-state index contributed by atoms with van der Waals surface area (Å²) in [6, 6.07) is 12.5. The first kappa shape index (κ1) is 23.5. The van der Waals surface area contributed by atoms with E-state index in [1.807, 2.05) is 30.5 Å². The molecule has 5 heteroatoms. The molecule has 0 radical (unpaired) electrons. The third-order valence-corrected chi connectivity index (χ3v) is 8.75. The van der Waals surface area contributed by atoms with Crippen molar-refractivity contribution in [1.82, 2.24) is 15.0 Å². The van der Waals surface area contributed by atoms with E-state index in [1.54, 1.807) is 15.8 Å². The summed E-state index contributed by atoms with van der Waals surface area (Å²) in [6.07, 6.45) is 8.33. The Morgan fingerprint density at radius 2 is 1.85 bits per heavy atom. The minimum absolute atomic E-state index is 0.267. The fraction of sp³-hybridized carbons (Fsp3) is 0.517. The number of rotatable bonds is 5. The zero-order valence-corrected chi connectivity index (χ0v) is 22.0. The van der Waals surface area contributed by atoms with Crippen molar-refractivity contribution in [3.05, 3.63) is 65.0 Å². The van der Waals surface area contributed by atoms with Crippen molar-refractivity contribution < 1.29 is 4.74 Å². The van der Waals surface area contributed by atoms with Gasteiger partial charge >= 0.3 is 0 Å². The molecule has 5 rings (SSSR count). The number of benzene rings is 2. The van der Waals surface area contributed by atoms with E-state index in [4.69, 9.17) is 4.74 Å². The van der Waals surface area contributed by atoms with E-state index in [2.05, 4.69) is 69.7 Å². The summed E-state index contributed by atoms with van der Waals surface area (Å²) in [5.41, 5.74) is 6.97. The molecule has 1 heterocycles. The Labute approximate surface area is 209 Å². The first-order valence-corrected chi connectivity index (χ1v) is 13.1. The average molecular weight is 476 g/mol. The maximum absolute atomic E-state index is 6.40. The lowest BCUT2D eigenvalue weighted by molar-refractivity contribution is 0.0404. The minimum Gasteiger partial charge on any atom is -0.487 e. The Morgan fingerprint density at radius 1 is 1.09 bits per heavy atom. The van der Waals surface area contributed by atoms with Crippen LogP contribution in [0.25, 0.3) is 5.69 Å². The summed E-state index contributed by atoms with van der Waals surface area (Å²) in [5, 5.41) is 8.63. The summed E-state index contributed by atoms with van der Waals surface area (Å²) < 4.78 is 8.19. The summed E-state index contributed by atoms with van der Waals surface area (Å²) in [7, 11) is 0. The number of thiol groups is 1. The lowest BCUT2D eigenvalue weighted by atomic mass is 9.50. The van der Waals surface area contributed by atoms with Crippen LogP contribution in [0.3, 0.4) is 0 Å². The first-order valence-electron chi connectivity index (χ1n) is 12.7. The van der Waals surface area contributed by atoms with Crippen LogP contribution in [0.4, 0.5) is 0 Å². The van der Waals surface area contributed by atoms with Crippen molar-refractivity contribution in [3.8, 4) is 11.4 Å². The van der Waals surface area contributed by atoms with E-state index in [0.29, 0.717) is 17.9 Å². The Kier molecular flexibility index (Phi) is 6.04. The molecule has 0 spiro atoms. The first-order chi connectivity index (χ1) is 16.2. The molecule has 2 aliphatic carbocycles. The van der Waals surface area contributed by atoms with Gasteiger partial charge in [-0.3, -0.25) is 0 Å². The highest BCUT2D eigenvalue weighted by Gasteiger charge is 2.50. The largest absolute Gasteiger partial charge is 0.487 e. The highest BCUT2D eigenvalue weighted by atomic mass is 32.1. The highest BCUT2D eigenvalue weighted by molar-refractivity contribution is 7.80. The monoisotopic (exact) mass is 475 g/mol. The van der Waals surface area contributed by atoms with Gasteiger partial charge in [0, 0.05) is 10.5 Å². The van der Waals surface area contributed by atoms with Crippen LogP contribution in [0.2, 0.25) is 0 Å². The molecule has 1 aromatic heterocycles. The van der Waals surface area contributed by atoms with Gasteiger partial charge in [-0.15, -0.1) is 17.7 Å². The molecular weight excluding hydrogens is 438 g/mol. The molecule has 1 saturated carbocycles. The molecule has 3 aromatic rings. The third kappa shape index (κ3) is 4.06.